The average molecular weight is 291 g/mol. The lowest BCUT2D eigenvalue weighted by Crippen LogP contribution is -2.28. The standard InChI is InChI=1S/C14H14FN3O3/c15-11-7-12(18(19)20)10-4-2-6-17-13(10)14(11)21-8-9-3-1-5-16-9/h2,4,6-7,9,16H,1,3,5,8H2. The van der Waals surface area contributed by atoms with Crippen LogP contribution < -0.4 is 10.1 Å². The Morgan fingerprint density at radius 3 is 3.14 bits per heavy atom. The van der Waals surface area contributed by atoms with Crippen molar-refractivity contribution in [1.29, 1.82) is 0 Å². The van der Waals surface area contributed by atoms with Gasteiger partial charge in [0.2, 0.25) is 0 Å². The Morgan fingerprint density at radius 1 is 1.57 bits per heavy atom. The van der Waals surface area contributed by atoms with Crippen molar-refractivity contribution in [3.8, 4) is 5.75 Å². The molecule has 2 heterocycles. The van der Waals surface area contributed by atoms with E-state index in [2.05, 4.69) is 10.3 Å². The van der Waals surface area contributed by atoms with Crippen LogP contribution in [0.2, 0.25) is 0 Å². The Morgan fingerprint density at radius 2 is 2.43 bits per heavy atom. The van der Waals surface area contributed by atoms with Crippen LogP contribution in [0.4, 0.5) is 10.1 Å². The fourth-order valence-corrected chi connectivity index (χ4v) is 2.54. The van der Waals surface area contributed by atoms with E-state index < -0.39 is 10.7 Å². The number of rotatable bonds is 4. The molecule has 1 fully saturated rings. The van der Waals surface area contributed by atoms with Gasteiger partial charge in [0, 0.05) is 12.2 Å². The molecule has 0 spiro atoms. The first-order chi connectivity index (χ1) is 10.2. The number of ether oxygens (including phenoxy) is 1. The summed E-state index contributed by atoms with van der Waals surface area (Å²) in [4.78, 5) is 14.4. The Hall–Kier alpha value is -2.28. The highest BCUT2D eigenvalue weighted by molar-refractivity contribution is 5.92. The zero-order valence-electron chi connectivity index (χ0n) is 11.2. The lowest BCUT2D eigenvalue weighted by molar-refractivity contribution is -0.383. The number of nitrogens with zero attached hydrogens (tertiary/aromatic N) is 2. The van der Waals surface area contributed by atoms with Gasteiger partial charge in [0.25, 0.3) is 5.69 Å². The second-order valence-electron chi connectivity index (χ2n) is 4.97. The highest BCUT2D eigenvalue weighted by Gasteiger charge is 2.22. The largest absolute Gasteiger partial charge is 0.487 e. The molecule has 0 radical (unpaired) electrons. The zero-order chi connectivity index (χ0) is 14.8. The molecule has 2 aromatic rings. The van der Waals surface area contributed by atoms with Crippen LogP contribution in [0.5, 0.6) is 5.75 Å². The highest BCUT2D eigenvalue weighted by Crippen LogP contribution is 2.34. The Bertz CT molecular complexity index is 686. The van der Waals surface area contributed by atoms with Crippen molar-refractivity contribution in [2.75, 3.05) is 13.2 Å². The number of non-ortho nitro benzene ring substituents is 1. The lowest BCUT2D eigenvalue weighted by Gasteiger charge is -2.14. The van der Waals surface area contributed by atoms with Gasteiger partial charge in [0.05, 0.1) is 16.4 Å². The number of pyridine rings is 1. The molecule has 6 nitrogen and oxygen atoms in total. The number of nitrogens with one attached hydrogen (secondary N) is 1. The minimum Gasteiger partial charge on any atom is -0.487 e. The number of fused-ring (bicyclic) bond motifs is 1. The number of hydrogen-bond acceptors (Lipinski definition) is 5. The fraction of sp³-hybridized carbons (Fsp3) is 0.357. The molecule has 0 aliphatic carbocycles. The van der Waals surface area contributed by atoms with E-state index in [4.69, 9.17) is 4.74 Å². The summed E-state index contributed by atoms with van der Waals surface area (Å²) < 4.78 is 19.7. The molecular weight excluding hydrogens is 277 g/mol. The Kier molecular flexibility index (Phi) is 3.66. The summed E-state index contributed by atoms with van der Waals surface area (Å²) in [7, 11) is 0. The predicted octanol–water partition coefficient (Wildman–Crippen LogP) is 2.41. The molecule has 1 aromatic heterocycles. The number of halogens is 1. The molecule has 110 valence electrons. The van der Waals surface area contributed by atoms with Crippen LogP contribution in [0.15, 0.2) is 24.4 Å². The second kappa shape index (κ2) is 5.61. The van der Waals surface area contributed by atoms with Crippen LogP contribution in [-0.4, -0.2) is 29.1 Å². The summed E-state index contributed by atoms with van der Waals surface area (Å²) in [6, 6.07) is 4.19. The van der Waals surface area contributed by atoms with Gasteiger partial charge in [-0.2, -0.15) is 0 Å². The van der Waals surface area contributed by atoms with Gasteiger partial charge in [0.1, 0.15) is 12.1 Å². The van der Waals surface area contributed by atoms with E-state index in [0.29, 0.717) is 6.61 Å². The maximum absolute atomic E-state index is 14.1. The first-order valence-electron chi connectivity index (χ1n) is 6.74. The molecule has 1 atom stereocenters. The Balaban J connectivity index is 1.99. The first kappa shape index (κ1) is 13.7. The summed E-state index contributed by atoms with van der Waals surface area (Å²) in [5.41, 5.74) is -0.121. The van der Waals surface area contributed by atoms with Crippen LogP contribution in [0.1, 0.15) is 12.8 Å². The summed E-state index contributed by atoms with van der Waals surface area (Å²) in [6.45, 7) is 1.25. The van der Waals surface area contributed by atoms with Crippen molar-refractivity contribution in [2.24, 2.45) is 0 Å². The average Bonchev–Trinajstić information content (AvgIpc) is 2.98. The molecule has 1 aliphatic heterocycles. The van der Waals surface area contributed by atoms with E-state index in [0.717, 1.165) is 25.5 Å². The number of benzene rings is 1. The van der Waals surface area contributed by atoms with Crippen LogP contribution in [0.3, 0.4) is 0 Å². The molecule has 0 bridgehead atoms. The maximum Gasteiger partial charge on any atom is 0.281 e. The molecule has 7 heteroatoms. The van der Waals surface area contributed by atoms with E-state index in [9.17, 15) is 14.5 Å². The highest BCUT2D eigenvalue weighted by atomic mass is 19.1. The number of aromatic nitrogens is 1. The molecule has 1 aliphatic rings. The summed E-state index contributed by atoms with van der Waals surface area (Å²) in [6.07, 6.45) is 3.50. The quantitative estimate of drug-likeness (QED) is 0.691. The first-order valence-corrected chi connectivity index (χ1v) is 6.74. The van der Waals surface area contributed by atoms with Gasteiger partial charge in [-0.05, 0) is 31.5 Å². The summed E-state index contributed by atoms with van der Waals surface area (Å²) in [5.74, 6) is -0.782. The normalized spacial score (nSPS) is 18.0. The van der Waals surface area contributed by atoms with E-state index in [1.165, 1.54) is 6.20 Å². The third-order valence-corrected chi connectivity index (χ3v) is 3.57. The van der Waals surface area contributed by atoms with Crippen molar-refractivity contribution in [3.63, 3.8) is 0 Å². The van der Waals surface area contributed by atoms with Gasteiger partial charge in [0.15, 0.2) is 11.6 Å². The van der Waals surface area contributed by atoms with Gasteiger partial charge < -0.3 is 10.1 Å². The van der Waals surface area contributed by atoms with Gasteiger partial charge >= 0.3 is 0 Å². The molecule has 0 amide bonds. The minimum atomic E-state index is -0.758. The molecule has 1 aromatic carbocycles. The van der Waals surface area contributed by atoms with Crippen LogP contribution in [0, 0.1) is 15.9 Å². The molecule has 0 saturated carbocycles. The maximum atomic E-state index is 14.1. The topological polar surface area (TPSA) is 77.3 Å². The second-order valence-corrected chi connectivity index (χ2v) is 4.97. The van der Waals surface area contributed by atoms with Crippen molar-refractivity contribution in [2.45, 2.75) is 18.9 Å². The van der Waals surface area contributed by atoms with Crippen molar-refractivity contribution in [1.82, 2.24) is 10.3 Å². The molecule has 1 unspecified atom stereocenters. The van der Waals surface area contributed by atoms with Gasteiger partial charge in [-0.3, -0.25) is 15.1 Å². The SMILES string of the molecule is O=[N+]([O-])c1cc(F)c(OCC2CCCN2)c2ncccc12. The summed E-state index contributed by atoms with van der Waals surface area (Å²) in [5, 5.41) is 14.5. The smallest absolute Gasteiger partial charge is 0.281 e. The van der Waals surface area contributed by atoms with Gasteiger partial charge in [-0.15, -0.1) is 0 Å². The van der Waals surface area contributed by atoms with Crippen molar-refractivity contribution in [3.05, 3.63) is 40.3 Å². The molecule has 1 saturated heterocycles. The molecule has 3 rings (SSSR count). The third kappa shape index (κ3) is 2.64. The molecule has 1 N–H and O–H groups in total. The molecular formula is C14H14FN3O3. The van der Waals surface area contributed by atoms with Crippen molar-refractivity contribution >= 4 is 16.6 Å². The zero-order valence-corrected chi connectivity index (χ0v) is 11.2. The van der Waals surface area contributed by atoms with Gasteiger partial charge in [-0.25, -0.2) is 4.39 Å². The van der Waals surface area contributed by atoms with Crippen LogP contribution >= 0.6 is 0 Å². The third-order valence-electron chi connectivity index (χ3n) is 3.57. The number of hydrogen-bond donors (Lipinski definition) is 1. The van der Waals surface area contributed by atoms with E-state index in [1.807, 2.05) is 0 Å². The number of nitro benzene ring substituents is 1. The molecule has 21 heavy (non-hydrogen) atoms. The van der Waals surface area contributed by atoms with E-state index in [-0.39, 0.29) is 28.4 Å². The van der Waals surface area contributed by atoms with E-state index in [1.54, 1.807) is 12.1 Å². The minimum absolute atomic E-state index is 0.0232. The monoisotopic (exact) mass is 291 g/mol. The van der Waals surface area contributed by atoms with Crippen LogP contribution in [0.25, 0.3) is 10.9 Å². The fourth-order valence-electron chi connectivity index (χ4n) is 2.54. The number of nitro groups is 1. The Labute approximate surface area is 120 Å². The van der Waals surface area contributed by atoms with E-state index >= 15 is 0 Å². The van der Waals surface area contributed by atoms with Crippen LogP contribution in [-0.2, 0) is 0 Å². The van der Waals surface area contributed by atoms with Gasteiger partial charge in [-0.1, -0.05) is 0 Å². The van der Waals surface area contributed by atoms with Crippen molar-refractivity contribution < 1.29 is 14.1 Å². The predicted molar refractivity (Wildman–Crippen MR) is 74.9 cm³/mol. The summed E-state index contributed by atoms with van der Waals surface area (Å²) >= 11 is 0. The lowest BCUT2D eigenvalue weighted by atomic mass is 10.1.